The third-order valence-corrected chi connectivity index (χ3v) is 5.86. The standard InChI is InChI=1S/C19H14BrN3O5S/c1-11-8-18(22-28-11)23-29(25,26)15-5-3-14(4-6-15)21-19(24)17-10-12-9-13(20)2-7-16(12)27-17/h2-10H,1H3,(H,21,24)(H,22,23). The van der Waals surface area contributed by atoms with E-state index in [2.05, 4.69) is 31.1 Å². The van der Waals surface area contributed by atoms with Crippen molar-refractivity contribution < 1.29 is 22.2 Å². The highest BCUT2D eigenvalue weighted by Crippen LogP contribution is 2.24. The number of carbonyl (C=O) groups is 1. The van der Waals surface area contributed by atoms with Crippen LogP contribution in [0.25, 0.3) is 11.0 Å². The number of anilines is 2. The van der Waals surface area contributed by atoms with Gasteiger partial charge >= 0.3 is 0 Å². The Morgan fingerprint density at radius 3 is 2.52 bits per heavy atom. The number of sulfonamides is 1. The second-order valence-electron chi connectivity index (χ2n) is 6.20. The van der Waals surface area contributed by atoms with E-state index in [1.54, 1.807) is 19.1 Å². The molecule has 2 aromatic heterocycles. The molecule has 29 heavy (non-hydrogen) atoms. The van der Waals surface area contributed by atoms with Crippen molar-refractivity contribution in [2.75, 3.05) is 10.0 Å². The van der Waals surface area contributed by atoms with Gasteiger partial charge in [-0.25, -0.2) is 8.42 Å². The number of nitrogens with zero attached hydrogens (tertiary/aromatic N) is 1. The maximum Gasteiger partial charge on any atom is 0.291 e. The SMILES string of the molecule is Cc1cc(NS(=O)(=O)c2ccc(NC(=O)c3cc4cc(Br)ccc4o3)cc2)no1. The molecule has 2 N–H and O–H groups in total. The fraction of sp³-hybridized carbons (Fsp3) is 0.0526. The number of halogens is 1. The van der Waals surface area contributed by atoms with Gasteiger partial charge in [0, 0.05) is 21.6 Å². The zero-order chi connectivity index (χ0) is 20.6. The number of furan rings is 1. The number of hydrogen-bond acceptors (Lipinski definition) is 6. The first kappa shape index (κ1) is 19.2. The van der Waals surface area contributed by atoms with Crippen LogP contribution in [0.5, 0.6) is 0 Å². The van der Waals surface area contributed by atoms with Crippen molar-refractivity contribution >= 4 is 54.3 Å². The van der Waals surface area contributed by atoms with Crippen LogP contribution in [0.1, 0.15) is 16.3 Å². The molecule has 0 saturated carbocycles. The predicted octanol–water partition coefficient (Wildman–Crippen LogP) is 4.54. The minimum atomic E-state index is -3.83. The van der Waals surface area contributed by atoms with Crippen LogP contribution in [-0.2, 0) is 10.0 Å². The Morgan fingerprint density at radius 1 is 1.07 bits per heavy atom. The number of benzene rings is 2. The van der Waals surface area contributed by atoms with E-state index in [-0.39, 0.29) is 16.5 Å². The molecule has 0 radical (unpaired) electrons. The summed E-state index contributed by atoms with van der Waals surface area (Å²) < 4.78 is 38.4. The molecule has 8 nitrogen and oxygen atoms in total. The average molecular weight is 476 g/mol. The number of amides is 1. The monoisotopic (exact) mass is 475 g/mol. The molecule has 0 bridgehead atoms. The lowest BCUT2D eigenvalue weighted by Gasteiger charge is -2.07. The Balaban J connectivity index is 1.49. The number of rotatable bonds is 5. The number of hydrogen-bond donors (Lipinski definition) is 2. The van der Waals surface area contributed by atoms with Gasteiger partial charge in [0.05, 0.1) is 4.90 Å². The van der Waals surface area contributed by atoms with Gasteiger partial charge in [0.25, 0.3) is 15.9 Å². The zero-order valence-electron chi connectivity index (χ0n) is 15.0. The number of aryl methyl sites for hydroxylation is 1. The van der Waals surface area contributed by atoms with Gasteiger partial charge in [0.15, 0.2) is 11.6 Å². The Hall–Kier alpha value is -3.11. The maximum absolute atomic E-state index is 12.4. The van der Waals surface area contributed by atoms with Crippen LogP contribution in [-0.4, -0.2) is 19.5 Å². The summed E-state index contributed by atoms with van der Waals surface area (Å²) in [5.74, 6) is 0.289. The lowest BCUT2D eigenvalue weighted by molar-refractivity contribution is 0.0998. The number of nitrogens with one attached hydrogen (secondary N) is 2. The lowest BCUT2D eigenvalue weighted by Crippen LogP contribution is -2.14. The molecular weight excluding hydrogens is 462 g/mol. The van der Waals surface area contributed by atoms with Crippen molar-refractivity contribution in [3.8, 4) is 0 Å². The molecule has 0 saturated heterocycles. The first-order valence-corrected chi connectivity index (χ1v) is 10.6. The van der Waals surface area contributed by atoms with Crippen LogP contribution in [0.3, 0.4) is 0 Å². The molecule has 148 valence electrons. The third-order valence-electron chi connectivity index (χ3n) is 3.99. The van der Waals surface area contributed by atoms with Crippen LogP contribution in [0.2, 0.25) is 0 Å². The molecule has 2 heterocycles. The molecule has 0 spiro atoms. The Kier molecular flexibility index (Phi) is 4.89. The van der Waals surface area contributed by atoms with Crippen molar-refractivity contribution in [3.63, 3.8) is 0 Å². The summed E-state index contributed by atoms with van der Waals surface area (Å²) in [6, 6.07) is 14.3. The summed E-state index contributed by atoms with van der Waals surface area (Å²) in [5, 5.41) is 7.07. The largest absolute Gasteiger partial charge is 0.451 e. The summed E-state index contributed by atoms with van der Waals surface area (Å²) in [7, 11) is -3.83. The summed E-state index contributed by atoms with van der Waals surface area (Å²) in [6.45, 7) is 1.66. The molecule has 2 aromatic carbocycles. The molecule has 4 aromatic rings. The second-order valence-corrected chi connectivity index (χ2v) is 8.80. The van der Waals surface area contributed by atoms with Crippen molar-refractivity contribution in [1.82, 2.24) is 5.16 Å². The Morgan fingerprint density at radius 2 is 1.83 bits per heavy atom. The van der Waals surface area contributed by atoms with Gasteiger partial charge in [-0.05, 0) is 55.5 Å². The van der Waals surface area contributed by atoms with Crippen LogP contribution < -0.4 is 10.0 Å². The minimum Gasteiger partial charge on any atom is -0.451 e. The molecular formula is C19H14BrN3O5S. The molecule has 0 aliphatic heterocycles. The maximum atomic E-state index is 12.4. The molecule has 10 heteroatoms. The third kappa shape index (κ3) is 4.17. The van der Waals surface area contributed by atoms with E-state index in [9.17, 15) is 13.2 Å². The van der Waals surface area contributed by atoms with Crippen molar-refractivity contribution in [1.29, 1.82) is 0 Å². The molecule has 0 atom stereocenters. The summed E-state index contributed by atoms with van der Waals surface area (Å²) >= 11 is 3.37. The highest BCUT2D eigenvalue weighted by molar-refractivity contribution is 9.10. The van der Waals surface area contributed by atoms with E-state index in [4.69, 9.17) is 8.94 Å². The molecule has 0 unspecified atom stereocenters. The lowest BCUT2D eigenvalue weighted by atomic mass is 10.2. The number of fused-ring (bicyclic) bond motifs is 1. The van der Waals surface area contributed by atoms with Crippen molar-refractivity contribution in [2.45, 2.75) is 11.8 Å². The quantitative estimate of drug-likeness (QED) is 0.437. The Labute approximate surface area is 174 Å². The van der Waals surface area contributed by atoms with Gasteiger partial charge < -0.3 is 14.3 Å². The molecule has 1 amide bonds. The highest BCUT2D eigenvalue weighted by atomic mass is 79.9. The molecule has 0 fully saturated rings. The van der Waals surface area contributed by atoms with Gasteiger partial charge in [0.1, 0.15) is 11.3 Å². The number of aromatic nitrogens is 1. The summed E-state index contributed by atoms with van der Waals surface area (Å²) in [4.78, 5) is 12.4. The highest BCUT2D eigenvalue weighted by Gasteiger charge is 2.17. The predicted molar refractivity (Wildman–Crippen MR) is 110 cm³/mol. The van der Waals surface area contributed by atoms with Crippen molar-refractivity contribution in [3.05, 3.63) is 70.6 Å². The molecule has 4 rings (SSSR count). The minimum absolute atomic E-state index is 0.0183. The van der Waals surface area contributed by atoms with E-state index in [0.717, 1.165) is 9.86 Å². The van der Waals surface area contributed by atoms with Gasteiger partial charge in [-0.3, -0.25) is 9.52 Å². The normalized spacial score (nSPS) is 11.5. The fourth-order valence-electron chi connectivity index (χ4n) is 2.65. The van der Waals surface area contributed by atoms with E-state index in [1.165, 1.54) is 30.3 Å². The van der Waals surface area contributed by atoms with Gasteiger partial charge in [0.2, 0.25) is 0 Å². The van der Waals surface area contributed by atoms with Gasteiger partial charge in [-0.15, -0.1) is 0 Å². The van der Waals surface area contributed by atoms with E-state index < -0.39 is 15.9 Å². The average Bonchev–Trinajstić information content (AvgIpc) is 3.27. The van der Waals surface area contributed by atoms with Crippen LogP contribution >= 0.6 is 15.9 Å². The fourth-order valence-corrected chi connectivity index (χ4v) is 4.01. The van der Waals surface area contributed by atoms with Crippen LogP contribution in [0, 0.1) is 6.92 Å². The van der Waals surface area contributed by atoms with E-state index in [0.29, 0.717) is 17.0 Å². The first-order chi connectivity index (χ1) is 13.8. The zero-order valence-corrected chi connectivity index (χ0v) is 17.4. The van der Waals surface area contributed by atoms with Gasteiger partial charge in [-0.1, -0.05) is 21.1 Å². The number of carbonyl (C=O) groups excluding carboxylic acids is 1. The van der Waals surface area contributed by atoms with Gasteiger partial charge in [-0.2, -0.15) is 0 Å². The first-order valence-electron chi connectivity index (χ1n) is 8.37. The molecule has 0 aliphatic carbocycles. The second kappa shape index (κ2) is 7.37. The summed E-state index contributed by atoms with van der Waals surface area (Å²) in [6.07, 6.45) is 0. The Bertz CT molecular complexity index is 1310. The smallest absolute Gasteiger partial charge is 0.291 e. The van der Waals surface area contributed by atoms with E-state index >= 15 is 0 Å². The van der Waals surface area contributed by atoms with Crippen molar-refractivity contribution in [2.24, 2.45) is 0 Å². The van der Waals surface area contributed by atoms with E-state index in [1.807, 2.05) is 12.1 Å². The topological polar surface area (TPSA) is 114 Å². The van der Waals surface area contributed by atoms with Crippen LogP contribution in [0.15, 0.2) is 72.9 Å². The molecule has 0 aliphatic rings. The van der Waals surface area contributed by atoms with Crippen LogP contribution in [0.4, 0.5) is 11.5 Å². The summed E-state index contributed by atoms with van der Waals surface area (Å²) in [5.41, 5.74) is 1.02.